The zero-order valence-electron chi connectivity index (χ0n) is 16.7. The number of benzene rings is 2. The molecule has 7 nitrogen and oxygen atoms in total. The smallest absolute Gasteiger partial charge is 0.234 e. The molecule has 168 valence electrons. The van der Waals surface area contributed by atoms with E-state index in [9.17, 15) is 14.0 Å². The fraction of sp³-hybridized carbons (Fsp3) is 0.200. The van der Waals surface area contributed by atoms with Gasteiger partial charge in [0.15, 0.2) is 5.16 Å². The predicted octanol–water partition coefficient (Wildman–Crippen LogP) is 5.31. The third-order valence-corrected chi connectivity index (χ3v) is 6.27. The van der Waals surface area contributed by atoms with Crippen LogP contribution in [0, 0.1) is 5.82 Å². The number of hydrogen-bond acceptors (Lipinski definition) is 5. The molecule has 0 aliphatic carbocycles. The van der Waals surface area contributed by atoms with Gasteiger partial charge in [-0.25, -0.2) is 4.39 Å². The van der Waals surface area contributed by atoms with Crippen LogP contribution in [0.3, 0.4) is 0 Å². The molecule has 0 saturated heterocycles. The lowest BCUT2D eigenvalue weighted by Gasteiger charge is -2.10. The zero-order valence-corrected chi connectivity index (χ0v) is 19.7. The average molecular weight is 517 g/mol. The van der Waals surface area contributed by atoms with E-state index >= 15 is 0 Å². The largest absolute Gasteiger partial charge is 0.325 e. The number of carbonyl (C=O) groups excluding carboxylic acids is 2. The molecule has 0 fully saturated rings. The lowest BCUT2D eigenvalue weighted by Crippen LogP contribution is -2.18. The Hall–Kier alpha value is -2.33. The van der Waals surface area contributed by atoms with Crippen LogP contribution in [0.5, 0.6) is 0 Å². The number of nitrogens with zero attached hydrogens (tertiary/aromatic N) is 3. The van der Waals surface area contributed by atoms with E-state index in [1.54, 1.807) is 22.8 Å². The van der Waals surface area contributed by atoms with E-state index in [-0.39, 0.29) is 34.0 Å². The van der Waals surface area contributed by atoms with Crippen molar-refractivity contribution < 1.29 is 14.0 Å². The second kappa shape index (κ2) is 11.0. The lowest BCUT2D eigenvalue weighted by atomic mass is 10.3. The third kappa shape index (κ3) is 6.13. The summed E-state index contributed by atoms with van der Waals surface area (Å²) in [4.78, 5) is 24.7. The molecule has 32 heavy (non-hydrogen) atoms. The van der Waals surface area contributed by atoms with Crippen molar-refractivity contribution in [1.29, 1.82) is 0 Å². The van der Waals surface area contributed by atoms with Gasteiger partial charge in [-0.15, -0.1) is 10.2 Å². The van der Waals surface area contributed by atoms with Gasteiger partial charge >= 0.3 is 0 Å². The van der Waals surface area contributed by atoms with Crippen LogP contribution in [0.2, 0.25) is 15.1 Å². The first kappa shape index (κ1) is 24.3. The van der Waals surface area contributed by atoms with Crippen molar-refractivity contribution in [1.82, 2.24) is 14.8 Å². The van der Waals surface area contributed by atoms with Gasteiger partial charge in [-0.3, -0.25) is 9.59 Å². The number of nitrogens with one attached hydrogen (secondary N) is 2. The number of halogens is 4. The Bertz CT molecular complexity index is 1160. The van der Waals surface area contributed by atoms with Crippen LogP contribution in [-0.2, 0) is 22.6 Å². The Morgan fingerprint density at radius 2 is 1.84 bits per heavy atom. The molecule has 0 spiro atoms. The van der Waals surface area contributed by atoms with E-state index in [0.717, 1.165) is 11.8 Å². The maximum atomic E-state index is 13.2. The van der Waals surface area contributed by atoms with Crippen LogP contribution in [0.25, 0.3) is 0 Å². The van der Waals surface area contributed by atoms with E-state index in [2.05, 4.69) is 20.8 Å². The summed E-state index contributed by atoms with van der Waals surface area (Å²) in [6.45, 7) is 2.38. The second-order valence-electron chi connectivity index (χ2n) is 6.44. The van der Waals surface area contributed by atoms with Crippen LogP contribution < -0.4 is 10.6 Å². The van der Waals surface area contributed by atoms with E-state index in [1.165, 1.54) is 18.2 Å². The highest BCUT2D eigenvalue weighted by Crippen LogP contribution is 2.29. The molecular weight excluding hydrogens is 500 g/mol. The first-order valence-electron chi connectivity index (χ1n) is 9.32. The van der Waals surface area contributed by atoms with Gasteiger partial charge in [0.1, 0.15) is 11.6 Å². The van der Waals surface area contributed by atoms with Crippen molar-refractivity contribution in [3.63, 3.8) is 0 Å². The Kier molecular flexibility index (Phi) is 8.36. The second-order valence-corrected chi connectivity index (χ2v) is 8.57. The number of aromatic nitrogens is 3. The molecule has 1 heterocycles. The molecule has 3 rings (SSSR count). The number of thioether (sulfide) groups is 1. The first-order valence-corrected chi connectivity index (χ1v) is 11.4. The summed E-state index contributed by atoms with van der Waals surface area (Å²) in [7, 11) is 0. The molecule has 2 amide bonds. The van der Waals surface area contributed by atoms with Crippen LogP contribution in [-0.4, -0.2) is 32.3 Å². The maximum absolute atomic E-state index is 13.2. The van der Waals surface area contributed by atoms with Crippen molar-refractivity contribution >= 4 is 69.8 Å². The summed E-state index contributed by atoms with van der Waals surface area (Å²) in [5.74, 6) is -0.741. The Morgan fingerprint density at radius 1 is 1.06 bits per heavy atom. The van der Waals surface area contributed by atoms with Gasteiger partial charge in [-0.1, -0.05) is 52.6 Å². The number of amides is 2. The highest BCUT2D eigenvalue weighted by Gasteiger charge is 2.17. The number of rotatable bonds is 8. The summed E-state index contributed by atoms with van der Waals surface area (Å²) in [6, 6.07) is 8.87. The topological polar surface area (TPSA) is 88.9 Å². The fourth-order valence-electron chi connectivity index (χ4n) is 2.71. The molecule has 3 aromatic rings. The summed E-state index contributed by atoms with van der Waals surface area (Å²) >= 11 is 19.0. The highest BCUT2D eigenvalue weighted by molar-refractivity contribution is 7.99. The molecule has 12 heteroatoms. The van der Waals surface area contributed by atoms with Gasteiger partial charge in [-0.05, 0) is 37.3 Å². The minimum Gasteiger partial charge on any atom is -0.325 e. The number of hydrogen-bond donors (Lipinski definition) is 2. The third-order valence-electron chi connectivity index (χ3n) is 4.19. The first-order chi connectivity index (χ1) is 15.3. The molecule has 0 saturated carbocycles. The van der Waals surface area contributed by atoms with Crippen molar-refractivity contribution in [2.24, 2.45) is 0 Å². The Labute approximate surface area is 202 Å². The van der Waals surface area contributed by atoms with E-state index < -0.39 is 5.82 Å². The number of carbonyl (C=O) groups is 2. The highest BCUT2D eigenvalue weighted by atomic mass is 35.5. The number of anilines is 2. The summed E-state index contributed by atoms with van der Waals surface area (Å²) in [5, 5.41) is 14.5. The Morgan fingerprint density at radius 3 is 2.56 bits per heavy atom. The van der Waals surface area contributed by atoms with Crippen molar-refractivity contribution in [3.8, 4) is 0 Å². The zero-order chi connectivity index (χ0) is 23.3. The van der Waals surface area contributed by atoms with Crippen molar-refractivity contribution in [2.45, 2.75) is 25.0 Å². The van der Waals surface area contributed by atoms with Gasteiger partial charge < -0.3 is 15.2 Å². The minimum atomic E-state index is -0.565. The molecule has 2 N–H and O–H groups in total. The quantitative estimate of drug-likeness (QED) is 0.396. The van der Waals surface area contributed by atoms with Gasteiger partial charge in [0.2, 0.25) is 11.8 Å². The molecule has 0 aliphatic rings. The van der Waals surface area contributed by atoms with E-state index in [0.29, 0.717) is 33.9 Å². The minimum absolute atomic E-state index is 0.0372. The van der Waals surface area contributed by atoms with Gasteiger partial charge in [-0.2, -0.15) is 0 Å². The van der Waals surface area contributed by atoms with Crippen LogP contribution in [0.4, 0.5) is 15.8 Å². The van der Waals surface area contributed by atoms with E-state index in [4.69, 9.17) is 34.8 Å². The van der Waals surface area contributed by atoms with Crippen LogP contribution >= 0.6 is 46.6 Å². The molecule has 1 aromatic heterocycles. The fourth-order valence-corrected chi connectivity index (χ4v) is 4.06. The van der Waals surface area contributed by atoms with Crippen molar-refractivity contribution in [2.75, 3.05) is 16.4 Å². The molecule has 0 atom stereocenters. The van der Waals surface area contributed by atoms with Crippen LogP contribution in [0.15, 0.2) is 41.6 Å². The lowest BCUT2D eigenvalue weighted by molar-refractivity contribution is -0.116. The predicted molar refractivity (Wildman–Crippen MR) is 125 cm³/mol. The molecule has 2 aromatic carbocycles. The van der Waals surface area contributed by atoms with Gasteiger partial charge in [0, 0.05) is 12.2 Å². The SMILES string of the molecule is CCn1c(CC(=O)Nc2cccc(Cl)c2Cl)nnc1SCC(=O)Nc1ccc(F)c(Cl)c1. The molecule has 0 unspecified atom stereocenters. The molecule has 0 aliphatic heterocycles. The summed E-state index contributed by atoms with van der Waals surface area (Å²) < 4.78 is 15.0. The normalized spacial score (nSPS) is 10.8. The molecular formula is C20H17Cl3FN5O2S. The standard InChI is InChI=1S/C20H17Cl3FN5O2S/c1-2-29-16(9-17(30)26-15-5-3-4-12(21)19(15)23)27-28-20(29)32-10-18(31)25-11-6-7-14(24)13(22)8-11/h3-8H,2,9-10H2,1H3,(H,25,31)(H,26,30). The van der Waals surface area contributed by atoms with Crippen molar-refractivity contribution in [3.05, 3.63) is 63.1 Å². The van der Waals surface area contributed by atoms with Gasteiger partial charge in [0.05, 0.1) is 32.9 Å². The maximum Gasteiger partial charge on any atom is 0.234 e. The molecule has 0 radical (unpaired) electrons. The summed E-state index contributed by atoms with van der Waals surface area (Å²) in [6.07, 6.45) is -0.0372. The monoisotopic (exact) mass is 515 g/mol. The van der Waals surface area contributed by atoms with Crippen LogP contribution in [0.1, 0.15) is 12.7 Å². The molecule has 0 bridgehead atoms. The Balaban J connectivity index is 1.60. The van der Waals surface area contributed by atoms with Gasteiger partial charge in [0.25, 0.3) is 0 Å². The average Bonchev–Trinajstić information content (AvgIpc) is 3.13. The van der Waals surface area contributed by atoms with E-state index in [1.807, 2.05) is 6.92 Å². The summed E-state index contributed by atoms with van der Waals surface area (Å²) in [5.41, 5.74) is 0.787.